The van der Waals surface area contributed by atoms with Crippen LogP contribution in [0.3, 0.4) is 0 Å². The molecule has 0 atom stereocenters. The van der Waals surface area contributed by atoms with E-state index >= 15 is 0 Å². The molecule has 12 heavy (non-hydrogen) atoms. The van der Waals surface area contributed by atoms with E-state index in [9.17, 15) is 9.18 Å². The molecule has 0 aromatic carbocycles. The molecule has 60 valence electrons. The van der Waals surface area contributed by atoms with Crippen molar-refractivity contribution in [3.8, 4) is 6.07 Å². The van der Waals surface area contributed by atoms with Gasteiger partial charge in [0.25, 0.3) is 0 Å². The molecule has 1 heterocycles. The number of carboxylic acids is 1. The molecule has 5 heteroatoms. The van der Waals surface area contributed by atoms with E-state index < -0.39 is 17.5 Å². The van der Waals surface area contributed by atoms with Gasteiger partial charge in [0, 0.05) is 6.20 Å². The van der Waals surface area contributed by atoms with Gasteiger partial charge in [-0.2, -0.15) is 5.26 Å². The summed E-state index contributed by atoms with van der Waals surface area (Å²) in [6, 6.07) is 2.24. The number of aromatic nitrogens is 1. The molecule has 0 aliphatic heterocycles. The highest BCUT2D eigenvalue weighted by Crippen LogP contribution is 2.05. The van der Waals surface area contributed by atoms with Gasteiger partial charge in [0.15, 0.2) is 11.5 Å². The Labute approximate surface area is 66.9 Å². The van der Waals surface area contributed by atoms with E-state index in [1.165, 1.54) is 6.07 Å². The standard InChI is InChI=1S/C7H3FN2O2/c8-5-1-4(7(11)12)3-10-6(5)2-9/h1,3H,(H,11,12). The maximum absolute atomic E-state index is 12.7. The number of nitrogens with zero attached hydrogens (tertiary/aromatic N) is 2. The highest BCUT2D eigenvalue weighted by molar-refractivity contribution is 5.87. The van der Waals surface area contributed by atoms with E-state index in [-0.39, 0.29) is 5.56 Å². The lowest BCUT2D eigenvalue weighted by Crippen LogP contribution is -2.00. The Balaban J connectivity index is 3.21. The van der Waals surface area contributed by atoms with Gasteiger partial charge < -0.3 is 5.11 Å². The molecular formula is C7H3FN2O2. The number of carbonyl (C=O) groups is 1. The van der Waals surface area contributed by atoms with Gasteiger partial charge in [0.2, 0.25) is 0 Å². The van der Waals surface area contributed by atoms with Crippen LogP contribution in [-0.2, 0) is 0 Å². The highest BCUT2D eigenvalue weighted by Gasteiger charge is 2.08. The maximum atomic E-state index is 12.7. The van der Waals surface area contributed by atoms with Crippen LogP contribution in [0.5, 0.6) is 0 Å². The molecule has 0 fully saturated rings. The van der Waals surface area contributed by atoms with E-state index in [4.69, 9.17) is 10.4 Å². The highest BCUT2D eigenvalue weighted by atomic mass is 19.1. The lowest BCUT2D eigenvalue weighted by atomic mass is 10.2. The first-order chi connectivity index (χ1) is 5.65. The van der Waals surface area contributed by atoms with Crippen molar-refractivity contribution in [1.29, 1.82) is 5.26 Å². The molecule has 1 aromatic heterocycles. The Hall–Kier alpha value is -1.96. The molecule has 0 bridgehead atoms. The average molecular weight is 166 g/mol. The number of hydrogen-bond donors (Lipinski definition) is 1. The Morgan fingerprint density at radius 2 is 2.42 bits per heavy atom. The minimum Gasteiger partial charge on any atom is -0.478 e. The molecule has 0 saturated heterocycles. The van der Waals surface area contributed by atoms with Crippen molar-refractivity contribution in [2.45, 2.75) is 0 Å². The summed E-state index contributed by atoms with van der Waals surface area (Å²) < 4.78 is 12.7. The molecule has 1 N–H and O–H groups in total. The summed E-state index contributed by atoms with van der Waals surface area (Å²) in [5.74, 6) is -2.19. The lowest BCUT2D eigenvalue weighted by molar-refractivity contribution is 0.0696. The first-order valence-corrected chi connectivity index (χ1v) is 2.94. The van der Waals surface area contributed by atoms with Crippen molar-refractivity contribution in [2.75, 3.05) is 0 Å². The summed E-state index contributed by atoms with van der Waals surface area (Å²) in [7, 11) is 0. The first kappa shape index (κ1) is 8.14. The second-order valence-electron chi connectivity index (χ2n) is 1.97. The number of nitriles is 1. The normalized spacial score (nSPS) is 9.00. The molecular weight excluding hydrogens is 163 g/mol. The van der Waals surface area contributed by atoms with Crippen molar-refractivity contribution < 1.29 is 14.3 Å². The summed E-state index contributed by atoms with van der Waals surface area (Å²) in [6.45, 7) is 0. The van der Waals surface area contributed by atoms with Gasteiger partial charge in [-0.3, -0.25) is 0 Å². The zero-order valence-electron chi connectivity index (χ0n) is 5.78. The second-order valence-corrected chi connectivity index (χ2v) is 1.97. The third-order valence-electron chi connectivity index (χ3n) is 1.19. The van der Waals surface area contributed by atoms with Crippen LogP contribution in [0.15, 0.2) is 12.3 Å². The average Bonchev–Trinajstić information content (AvgIpc) is 2.04. The third kappa shape index (κ3) is 1.37. The fourth-order valence-electron chi connectivity index (χ4n) is 0.637. The number of halogens is 1. The number of hydrogen-bond acceptors (Lipinski definition) is 3. The van der Waals surface area contributed by atoms with E-state index in [1.54, 1.807) is 0 Å². The van der Waals surface area contributed by atoms with Crippen molar-refractivity contribution >= 4 is 5.97 Å². The quantitative estimate of drug-likeness (QED) is 0.669. The van der Waals surface area contributed by atoms with Crippen LogP contribution in [0.1, 0.15) is 16.1 Å². The van der Waals surface area contributed by atoms with Crippen LogP contribution in [-0.4, -0.2) is 16.1 Å². The predicted molar refractivity (Wildman–Crippen MR) is 35.9 cm³/mol. The smallest absolute Gasteiger partial charge is 0.337 e. The maximum Gasteiger partial charge on any atom is 0.337 e. The van der Waals surface area contributed by atoms with Gasteiger partial charge in [0.1, 0.15) is 6.07 Å². The van der Waals surface area contributed by atoms with Gasteiger partial charge >= 0.3 is 5.97 Å². The lowest BCUT2D eigenvalue weighted by Gasteiger charge is -1.94. The molecule has 0 aliphatic rings. The summed E-state index contributed by atoms with van der Waals surface area (Å²) in [5.41, 5.74) is -0.675. The number of pyridine rings is 1. The molecule has 0 aliphatic carbocycles. The Morgan fingerprint density at radius 1 is 1.75 bits per heavy atom. The summed E-state index contributed by atoms with van der Waals surface area (Å²) in [5, 5.41) is 16.6. The minimum atomic E-state index is -1.27. The zero-order valence-corrected chi connectivity index (χ0v) is 5.78. The third-order valence-corrected chi connectivity index (χ3v) is 1.19. The molecule has 1 rings (SSSR count). The number of rotatable bonds is 1. The summed E-state index contributed by atoms with van der Waals surface area (Å²) in [4.78, 5) is 13.6. The Morgan fingerprint density at radius 3 is 2.83 bits per heavy atom. The number of carboxylic acid groups (broad SMARTS) is 1. The predicted octanol–water partition coefficient (Wildman–Crippen LogP) is 0.791. The van der Waals surface area contributed by atoms with Gasteiger partial charge in [-0.25, -0.2) is 14.2 Å². The van der Waals surface area contributed by atoms with Gasteiger partial charge in [0.05, 0.1) is 5.56 Å². The fraction of sp³-hybridized carbons (Fsp3) is 0. The van der Waals surface area contributed by atoms with Gasteiger partial charge in [-0.1, -0.05) is 0 Å². The molecule has 0 radical (unpaired) electrons. The minimum absolute atomic E-state index is 0.272. The van der Waals surface area contributed by atoms with Crippen molar-refractivity contribution in [2.24, 2.45) is 0 Å². The molecule has 4 nitrogen and oxygen atoms in total. The van der Waals surface area contributed by atoms with Crippen molar-refractivity contribution in [1.82, 2.24) is 4.98 Å². The van der Waals surface area contributed by atoms with Crippen LogP contribution in [0, 0.1) is 17.1 Å². The van der Waals surface area contributed by atoms with E-state index in [0.29, 0.717) is 0 Å². The zero-order chi connectivity index (χ0) is 9.14. The largest absolute Gasteiger partial charge is 0.478 e. The van der Waals surface area contributed by atoms with E-state index in [2.05, 4.69) is 4.98 Å². The van der Waals surface area contributed by atoms with E-state index in [0.717, 1.165) is 12.3 Å². The van der Waals surface area contributed by atoms with Crippen molar-refractivity contribution in [3.05, 3.63) is 29.3 Å². The SMILES string of the molecule is N#Cc1ncc(C(=O)O)cc1F. The second kappa shape index (κ2) is 2.96. The van der Waals surface area contributed by atoms with Gasteiger partial charge in [-0.05, 0) is 6.07 Å². The molecule has 0 amide bonds. The monoisotopic (exact) mass is 166 g/mol. The van der Waals surface area contributed by atoms with Crippen LogP contribution < -0.4 is 0 Å². The van der Waals surface area contributed by atoms with Crippen LogP contribution in [0.25, 0.3) is 0 Å². The van der Waals surface area contributed by atoms with Gasteiger partial charge in [-0.15, -0.1) is 0 Å². The Kier molecular flexibility index (Phi) is 2.01. The molecule has 0 saturated carbocycles. The fourth-order valence-corrected chi connectivity index (χ4v) is 0.637. The van der Waals surface area contributed by atoms with Crippen LogP contribution >= 0.6 is 0 Å². The Bertz CT molecular complexity index is 370. The summed E-state index contributed by atoms with van der Waals surface area (Å²) in [6.07, 6.45) is 0.934. The van der Waals surface area contributed by atoms with Crippen LogP contribution in [0.4, 0.5) is 4.39 Å². The first-order valence-electron chi connectivity index (χ1n) is 2.94. The van der Waals surface area contributed by atoms with Crippen molar-refractivity contribution in [3.63, 3.8) is 0 Å². The van der Waals surface area contributed by atoms with E-state index in [1.807, 2.05) is 0 Å². The summed E-state index contributed by atoms with van der Waals surface area (Å²) >= 11 is 0. The van der Waals surface area contributed by atoms with Crippen LogP contribution in [0.2, 0.25) is 0 Å². The number of aromatic carboxylic acids is 1. The molecule has 0 unspecified atom stereocenters. The molecule has 0 spiro atoms. The topological polar surface area (TPSA) is 74.0 Å². The molecule has 1 aromatic rings.